The Kier molecular flexibility index (Phi) is 11.6. The largest absolute Gasteiger partial charge is 0.481 e. The summed E-state index contributed by atoms with van der Waals surface area (Å²) < 4.78 is 11.1. The van der Waals surface area contributed by atoms with Gasteiger partial charge >= 0.3 is 12.1 Å². The number of benzene rings is 1. The summed E-state index contributed by atoms with van der Waals surface area (Å²) in [6.07, 6.45) is 2.73. The van der Waals surface area contributed by atoms with Crippen molar-refractivity contribution in [3.8, 4) is 0 Å². The SMILES string of the molecule is CNC(=O)CCC(COCc1ccc(CCCCC(=O)O)cc1)NC(=O)OC(C)(C)C. The van der Waals surface area contributed by atoms with Gasteiger partial charge in [0, 0.05) is 19.9 Å². The fourth-order valence-electron chi connectivity index (χ4n) is 2.83. The summed E-state index contributed by atoms with van der Waals surface area (Å²) in [5.74, 6) is -0.864. The van der Waals surface area contributed by atoms with Crippen molar-refractivity contribution in [3.63, 3.8) is 0 Å². The van der Waals surface area contributed by atoms with E-state index < -0.39 is 17.7 Å². The predicted octanol–water partition coefficient (Wildman–Crippen LogP) is 3.42. The van der Waals surface area contributed by atoms with E-state index in [1.807, 2.05) is 24.3 Å². The third-order valence-corrected chi connectivity index (χ3v) is 4.44. The van der Waals surface area contributed by atoms with Gasteiger partial charge in [-0.2, -0.15) is 0 Å². The van der Waals surface area contributed by atoms with E-state index >= 15 is 0 Å². The number of unbranched alkanes of at least 4 members (excludes halogenated alkanes) is 1. The van der Waals surface area contributed by atoms with E-state index in [2.05, 4.69) is 10.6 Å². The number of carbonyl (C=O) groups is 3. The molecule has 1 aromatic rings. The molecule has 0 saturated carbocycles. The molecule has 0 aliphatic rings. The number of hydrogen-bond acceptors (Lipinski definition) is 5. The summed E-state index contributed by atoms with van der Waals surface area (Å²) in [5.41, 5.74) is 1.55. The molecule has 0 saturated heterocycles. The van der Waals surface area contributed by atoms with E-state index in [9.17, 15) is 14.4 Å². The van der Waals surface area contributed by atoms with Crippen molar-refractivity contribution in [1.29, 1.82) is 0 Å². The number of carboxylic acids is 1. The molecule has 31 heavy (non-hydrogen) atoms. The Bertz CT molecular complexity index is 697. The summed E-state index contributed by atoms with van der Waals surface area (Å²) in [6, 6.07) is 7.64. The van der Waals surface area contributed by atoms with E-state index in [4.69, 9.17) is 14.6 Å². The van der Waals surface area contributed by atoms with Gasteiger partial charge in [-0.15, -0.1) is 0 Å². The van der Waals surface area contributed by atoms with Crippen LogP contribution in [-0.2, 0) is 32.1 Å². The summed E-state index contributed by atoms with van der Waals surface area (Å²) >= 11 is 0. The monoisotopic (exact) mass is 436 g/mol. The number of amides is 2. The Labute approximate surface area is 184 Å². The van der Waals surface area contributed by atoms with Gasteiger partial charge in [-0.25, -0.2) is 4.79 Å². The molecule has 1 unspecified atom stereocenters. The highest BCUT2D eigenvalue weighted by Gasteiger charge is 2.20. The molecule has 0 heterocycles. The molecule has 0 aliphatic carbocycles. The normalized spacial score (nSPS) is 12.1. The van der Waals surface area contributed by atoms with E-state index in [-0.39, 0.29) is 31.4 Å². The minimum absolute atomic E-state index is 0.102. The zero-order valence-corrected chi connectivity index (χ0v) is 19.0. The summed E-state index contributed by atoms with van der Waals surface area (Å²) in [7, 11) is 1.57. The minimum Gasteiger partial charge on any atom is -0.481 e. The predicted molar refractivity (Wildman–Crippen MR) is 118 cm³/mol. The van der Waals surface area contributed by atoms with Gasteiger partial charge in [-0.3, -0.25) is 9.59 Å². The lowest BCUT2D eigenvalue weighted by molar-refractivity contribution is -0.137. The van der Waals surface area contributed by atoms with Gasteiger partial charge in [0.2, 0.25) is 5.91 Å². The molecule has 2 amide bonds. The van der Waals surface area contributed by atoms with Gasteiger partial charge in [0.25, 0.3) is 0 Å². The molecule has 0 bridgehead atoms. The quantitative estimate of drug-likeness (QED) is 0.408. The van der Waals surface area contributed by atoms with Crippen molar-refractivity contribution in [3.05, 3.63) is 35.4 Å². The summed E-state index contributed by atoms with van der Waals surface area (Å²) in [6.45, 7) is 6.01. The van der Waals surface area contributed by atoms with Crippen molar-refractivity contribution < 1.29 is 29.0 Å². The molecule has 0 fully saturated rings. The number of rotatable bonds is 13. The Hall–Kier alpha value is -2.61. The van der Waals surface area contributed by atoms with E-state index in [0.717, 1.165) is 24.0 Å². The van der Waals surface area contributed by atoms with Crippen molar-refractivity contribution >= 4 is 18.0 Å². The van der Waals surface area contributed by atoms with Crippen LogP contribution in [0.3, 0.4) is 0 Å². The fraction of sp³-hybridized carbons (Fsp3) is 0.609. The third-order valence-electron chi connectivity index (χ3n) is 4.44. The van der Waals surface area contributed by atoms with Gasteiger partial charge in [0.15, 0.2) is 0 Å². The van der Waals surface area contributed by atoms with Crippen LogP contribution < -0.4 is 10.6 Å². The lowest BCUT2D eigenvalue weighted by Gasteiger charge is -2.23. The Morgan fingerprint density at radius 3 is 2.26 bits per heavy atom. The first-order chi connectivity index (χ1) is 14.6. The maximum atomic E-state index is 12.1. The zero-order valence-electron chi connectivity index (χ0n) is 19.0. The molecule has 1 rings (SSSR count). The number of ether oxygens (including phenoxy) is 2. The zero-order chi connectivity index (χ0) is 23.3. The van der Waals surface area contributed by atoms with Crippen molar-refractivity contribution in [1.82, 2.24) is 10.6 Å². The lowest BCUT2D eigenvalue weighted by Crippen LogP contribution is -2.42. The highest BCUT2D eigenvalue weighted by Crippen LogP contribution is 2.11. The molecule has 1 atom stereocenters. The Balaban J connectivity index is 2.48. The van der Waals surface area contributed by atoms with Crippen molar-refractivity contribution in [2.24, 2.45) is 0 Å². The van der Waals surface area contributed by atoms with Gasteiger partial charge in [-0.1, -0.05) is 24.3 Å². The molecular weight excluding hydrogens is 400 g/mol. The number of carbonyl (C=O) groups excluding carboxylic acids is 2. The van der Waals surface area contributed by atoms with Crippen LogP contribution in [0.15, 0.2) is 24.3 Å². The van der Waals surface area contributed by atoms with Gasteiger partial charge < -0.3 is 25.2 Å². The van der Waals surface area contributed by atoms with Gasteiger partial charge in [-0.05, 0) is 57.6 Å². The fourth-order valence-corrected chi connectivity index (χ4v) is 2.83. The molecule has 8 nitrogen and oxygen atoms in total. The Morgan fingerprint density at radius 1 is 1.03 bits per heavy atom. The number of aliphatic carboxylic acids is 1. The van der Waals surface area contributed by atoms with Crippen LogP contribution in [0.4, 0.5) is 4.79 Å². The van der Waals surface area contributed by atoms with Crippen LogP contribution in [-0.4, -0.2) is 48.4 Å². The highest BCUT2D eigenvalue weighted by atomic mass is 16.6. The van der Waals surface area contributed by atoms with E-state index in [0.29, 0.717) is 19.4 Å². The highest BCUT2D eigenvalue weighted by molar-refractivity contribution is 5.75. The standard InChI is InChI=1S/C23H36N2O6/c1-23(2,3)31-22(29)25-19(13-14-20(26)24-4)16-30-15-18-11-9-17(10-12-18)7-5-6-8-21(27)28/h9-12,19H,5-8,13-16H2,1-4H3,(H,24,26)(H,25,29)(H,27,28). The molecule has 0 aliphatic heterocycles. The van der Waals surface area contributed by atoms with Crippen LogP contribution >= 0.6 is 0 Å². The van der Waals surface area contributed by atoms with Crippen LogP contribution in [0.25, 0.3) is 0 Å². The first kappa shape index (κ1) is 26.4. The molecular formula is C23H36N2O6. The summed E-state index contributed by atoms with van der Waals surface area (Å²) in [4.78, 5) is 34.2. The first-order valence-electron chi connectivity index (χ1n) is 10.7. The summed E-state index contributed by atoms with van der Waals surface area (Å²) in [5, 5.41) is 14.0. The van der Waals surface area contributed by atoms with Crippen LogP contribution in [0.1, 0.15) is 64.0 Å². The van der Waals surface area contributed by atoms with Crippen LogP contribution in [0, 0.1) is 0 Å². The molecule has 1 aromatic carbocycles. The number of nitrogens with one attached hydrogen (secondary N) is 2. The first-order valence-corrected chi connectivity index (χ1v) is 10.7. The average Bonchev–Trinajstić information content (AvgIpc) is 2.68. The molecule has 8 heteroatoms. The second-order valence-electron chi connectivity index (χ2n) is 8.49. The topological polar surface area (TPSA) is 114 Å². The van der Waals surface area contributed by atoms with E-state index in [1.54, 1.807) is 27.8 Å². The molecule has 0 spiro atoms. The number of carboxylic acid groups (broad SMARTS) is 1. The lowest BCUT2D eigenvalue weighted by atomic mass is 10.1. The van der Waals surface area contributed by atoms with Gasteiger partial charge in [0.05, 0.1) is 19.3 Å². The number of hydrogen-bond donors (Lipinski definition) is 3. The van der Waals surface area contributed by atoms with E-state index in [1.165, 1.54) is 0 Å². The molecule has 174 valence electrons. The number of aryl methyl sites for hydroxylation is 1. The third kappa shape index (κ3) is 13.3. The Morgan fingerprint density at radius 2 is 1.68 bits per heavy atom. The van der Waals surface area contributed by atoms with Crippen molar-refractivity contribution in [2.45, 2.75) is 77.5 Å². The molecule has 0 aromatic heterocycles. The van der Waals surface area contributed by atoms with Crippen molar-refractivity contribution in [2.75, 3.05) is 13.7 Å². The average molecular weight is 437 g/mol. The number of alkyl carbamates (subject to hydrolysis) is 1. The molecule has 0 radical (unpaired) electrons. The maximum Gasteiger partial charge on any atom is 0.407 e. The smallest absolute Gasteiger partial charge is 0.407 e. The van der Waals surface area contributed by atoms with Crippen LogP contribution in [0.5, 0.6) is 0 Å². The van der Waals surface area contributed by atoms with Crippen LogP contribution in [0.2, 0.25) is 0 Å². The second-order valence-corrected chi connectivity index (χ2v) is 8.49. The maximum absolute atomic E-state index is 12.1. The molecule has 3 N–H and O–H groups in total. The van der Waals surface area contributed by atoms with Gasteiger partial charge in [0.1, 0.15) is 5.60 Å². The second kappa shape index (κ2) is 13.6. The minimum atomic E-state index is -0.762.